The fraction of sp³-hybridized carbons (Fsp3) is 0.625. The Morgan fingerprint density at radius 1 is 1.58 bits per heavy atom. The molecule has 0 aliphatic carbocycles. The molecule has 0 fully saturated rings. The van der Waals surface area contributed by atoms with Crippen LogP contribution in [0.5, 0.6) is 0 Å². The van der Waals surface area contributed by atoms with Gasteiger partial charge in [-0.15, -0.1) is 0 Å². The van der Waals surface area contributed by atoms with Crippen molar-refractivity contribution in [2.75, 3.05) is 18.6 Å². The van der Waals surface area contributed by atoms with E-state index in [0.717, 1.165) is 19.0 Å². The number of aliphatic carboxylic acids is 1. The van der Waals surface area contributed by atoms with Crippen molar-refractivity contribution in [2.45, 2.75) is 12.8 Å². The van der Waals surface area contributed by atoms with Crippen LogP contribution >= 0.6 is 11.8 Å². The van der Waals surface area contributed by atoms with Gasteiger partial charge in [0, 0.05) is 18.8 Å². The molecule has 0 atom stereocenters. The fourth-order valence-corrected chi connectivity index (χ4v) is 1.18. The van der Waals surface area contributed by atoms with Gasteiger partial charge in [-0.3, -0.25) is 0 Å². The maximum Gasteiger partial charge on any atom is 0.329 e. The maximum atomic E-state index is 10.0. The quantitative estimate of drug-likeness (QED) is 0.468. The van der Waals surface area contributed by atoms with Gasteiger partial charge in [-0.25, -0.2) is 4.79 Å². The van der Waals surface area contributed by atoms with Gasteiger partial charge in [-0.05, 0) is 24.9 Å². The first-order chi connectivity index (χ1) is 5.77. The molecule has 0 radical (unpaired) electrons. The Bertz CT molecular complexity index is 148. The lowest BCUT2D eigenvalue weighted by Gasteiger charge is -1.98. The summed E-state index contributed by atoms with van der Waals surface area (Å²) in [6, 6.07) is 0. The third-order valence-electron chi connectivity index (χ3n) is 1.26. The second-order valence-electron chi connectivity index (χ2n) is 2.33. The van der Waals surface area contributed by atoms with E-state index in [-0.39, 0.29) is 0 Å². The van der Waals surface area contributed by atoms with E-state index in [4.69, 9.17) is 5.11 Å². The van der Waals surface area contributed by atoms with Gasteiger partial charge in [-0.1, -0.05) is 0 Å². The first kappa shape index (κ1) is 11.4. The van der Waals surface area contributed by atoms with E-state index in [2.05, 4.69) is 11.6 Å². The Labute approximate surface area is 77.2 Å². The molecule has 70 valence electrons. The summed E-state index contributed by atoms with van der Waals surface area (Å²) in [6.45, 7) is 0.852. The van der Waals surface area contributed by atoms with Crippen molar-refractivity contribution in [1.29, 1.82) is 0 Å². The van der Waals surface area contributed by atoms with Crippen LogP contribution in [0.1, 0.15) is 12.8 Å². The summed E-state index contributed by atoms with van der Waals surface area (Å²) in [7, 11) is 0. The molecule has 0 spiro atoms. The van der Waals surface area contributed by atoms with Crippen LogP contribution in [0.3, 0.4) is 0 Å². The molecule has 0 aliphatic heterocycles. The Morgan fingerprint density at radius 3 is 2.92 bits per heavy atom. The zero-order valence-electron chi connectivity index (χ0n) is 7.25. The number of unbranched alkanes of at least 4 members (excludes halogenated alkanes) is 1. The highest BCUT2D eigenvalue weighted by atomic mass is 32.2. The minimum absolute atomic E-state index is 0.852. The summed E-state index contributed by atoms with van der Waals surface area (Å²) in [5, 5.41) is 11.1. The lowest BCUT2D eigenvalue weighted by atomic mass is 10.3. The van der Waals surface area contributed by atoms with Gasteiger partial charge in [0.25, 0.3) is 0 Å². The normalized spacial score (nSPS) is 10.4. The minimum atomic E-state index is -0.911. The molecular formula is C8H15NO2S. The summed E-state index contributed by atoms with van der Waals surface area (Å²) in [4.78, 5) is 10.0. The van der Waals surface area contributed by atoms with Crippen LogP contribution in [0.2, 0.25) is 0 Å². The van der Waals surface area contributed by atoms with Crippen molar-refractivity contribution in [3.63, 3.8) is 0 Å². The molecule has 0 saturated carbocycles. The van der Waals surface area contributed by atoms with Crippen LogP contribution in [-0.4, -0.2) is 29.6 Å². The van der Waals surface area contributed by atoms with E-state index in [9.17, 15) is 4.79 Å². The first-order valence-corrected chi connectivity index (χ1v) is 5.28. The van der Waals surface area contributed by atoms with Gasteiger partial charge >= 0.3 is 5.97 Å². The van der Waals surface area contributed by atoms with Crippen LogP contribution in [-0.2, 0) is 4.79 Å². The number of carboxylic acid groups (broad SMARTS) is 1. The summed E-state index contributed by atoms with van der Waals surface area (Å²) in [5.74, 6) is 0.260. The smallest absolute Gasteiger partial charge is 0.329 e. The van der Waals surface area contributed by atoms with E-state index in [1.807, 2.05) is 11.8 Å². The van der Waals surface area contributed by atoms with Gasteiger partial charge in [0.15, 0.2) is 0 Å². The molecule has 2 N–H and O–H groups in total. The molecule has 0 aromatic rings. The molecule has 3 nitrogen and oxygen atoms in total. The molecule has 0 aromatic carbocycles. The topological polar surface area (TPSA) is 49.3 Å². The SMILES string of the molecule is CSCCCCN/C=C/C(=O)O. The van der Waals surface area contributed by atoms with Crippen LogP contribution in [0.4, 0.5) is 0 Å². The van der Waals surface area contributed by atoms with E-state index in [0.29, 0.717) is 0 Å². The molecule has 0 aromatic heterocycles. The second-order valence-corrected chi connectivity index (χ2v) is 3.31. The molecule has 0 amide bonds. The summed E-state index contributed by atoms with van der Waals surface area (Å²) in [6.07, 6.45) is 6.92. The van der Waals surface area contributed by atoms with Crippen molar-refractivity contribution in [3.05, 3.63) is 12.3 Å². The number of rotatable bonds is 7. The third kappa shape index (κ3) is 9.36. The number of nitrogens with one attached hydrogen (secondary N) is 1. The average molecular weight is 189 g/mol. The minimum Gasteiger partial charge on any atom is -0.478 e. The Balaban J connectivity index is 3.05. The van der Waals surface area contributed by atoms with Gasteiger partial charge in [0.2, 0.25) is 0 Å². The van der Waals surface area contributed by atoms with Crippen LogP contribution < -0.4 is 5.32 Å². The molecule has 4 heteroatoms. The Morgan fingerprint density at radius 2 is 2.33 bits per heavy atom. The van der Waals surface area contributed by atoms with Crippen LogP contribution in [0.15, 0.2) is 12.3 Å². The van der Waals surface area contributed by atoms with E-state index in [1.165, 1.54) is 18.4 Å². The number of carbonyl (C=O) groups is 1. The maximum absolute atomic E-state index is 10.0. The van der Waals surface area contributed by atoms with Gasteiger partial charge in [-0.2, -0.15) is 11.8 Å². The molecule has 0 saturated heterocycles. The fourth-order valence-electron chi connectivity index (χ4n) is 0.687. The molecule has 0 unspecified atom stereocenters. The summed E-state index contributed by atoms with van der Waals surface area (Å²) in [5.41, 5.74) is 0. The van der Waals surface area contributed by atoms with Gasteiger partial charge in [0.1, 0.15) is 0 Å². The highest BCUT2D eigenvalue weighted by Gasteiger charge is 1.86. The second kappa shape index (κ2) is 8.46. The van der Waals surface area contributed by atoms with Crippen LogP contribution in [0.25, 0.3) is 0 Å². The van der Waals surface area contributed by atoms with Crippen molar-refractivity contribution in [2.24, 2.45) is 0 Å². The van der Waals surface area contributed by atoms with Gasteiger partial charge in [0.05, 0.1) is 0 Å². The van der Waals surface area contributed by atoms with E-state index >= 15 is 0 Å². The monoisotopic (exact) mass is 189 g/mol. The van der Waals surface area contributed by atoms with Gasteiger partial charge < -0.3 is 10.4 Å². The number of hydrogen-bond donors (Lipinski definition) is 2. The van der Waals surface area contributed by atoms with Crippen molar-refractivity contribution in [3.8, 4) is 0 Å². The summed E-state index contributed by atoms with van der Waals surface area (Å²) < 4.78 is 0. The molecule has 0 aliphatic rings. The third-order valence-corrected chi connectivity index (χ3v) is 1.96. The molecule has 0 heterocycles. The molecular weight excluding hydrogens is 174 g/mol. The zero-order valence-corrected chi connectivity index (χ0v) is 8.06. The van der Waals surface area contributed by atoms with E-state index < -0.39 is 5.97 Å². The highest BCUT2D eigenvalue weighted by Crippen LogP contribution is 1.97. The molecule has 12 heavy (non-hydrogen) atoms. The summed E-state index contributed by atoms with van der Waals surface area (Å²) >= 11 is 1.83. The van der Waals surface area contributed by atoms with Crippen molar-refractivity contribution >= 4 is 17.7 Å². The number of hydrogen-bond acceptors (Lipinski definition) is 3. The Kier molecular flexibility index (Phi) is 8.01. The standard InChI is InChI=1S/C8H15NO2S/c1-12-7-3-2-5-9-6-4-8(10)11/h4,6,9H,2-3,5,7H2,1H3,(H,10,11)/b6-4+. The van der Waals surface area contributed by atoms with Crippen molar-refractivity contribution < 1.29 is 9.90 Å². The van der Waals surface area contributed by atoms with Crippen LogP contribution in [0, 0.1) is 0 Å². The zero-order chi connectivity index (χ0) is 9.23. The van der Waals surface area contributed by atoms with Crippen molar-refractivity contribution in [1.82, 2.24) is 5.32 Å². The lowest BCUT2D eigenvalue weighted by molar-refractivity contribution is -0.131. The molecule has 0 rings (SSSR count). The molecule has 0 bridgehead atoms. The predicted molar refractivity (Wildman–Crippen MR) is 52.4 cm³/mol. The predicted octanol–water partition coefficient (Wildman–Crippen LogP) is 1.32. The number of carboxylic acids is 1. The number of thioether (sulfide) groups is 1. The largest absolute Gasteiger partial charge is 0.478 e. The average Bonchev–Trinajstić information content (AvgIpc) is 2.02. The Hall–Kier alpha value is -0.640. The highest BCUT2D eigenvalue weighted by molar-refractivity contribution is 7.98. The van der Waals surface area contributed by atoms with E-state index in [1.54, 1.807) is 0 Å². The first-order valence-electron chi connectivity index (χ1n) is 3.89. The lowest BCUT2D eigenvalue weighted by Crippen LogP contribution is -2.07.